The quantitative estimate of drug-likeness (QED) is 0.699. The highest BCUT2D eigenvalue weighted by Crippen LogP contribution is 2.29. The van der Waals surface area contributed by atoms with Crippen LogP contribution in [0.2, 0.25) is 0 Å². The van der Waals surface area contributed by atoms with E-state index in [1.807, 2.05) is 0 Å². The lowest BCUT2D eigenvalue weighted by molar-refractivity contribution is -0.137. The maximum atomic E-state index is 12.7. The summed E-state index contributed by atoms with van der Waals surface area (Å²) in [4.78, 5) is 12.2. The summed E-state index contributed by atoms with van der Waals surface area (Å²) in [7, 11) is -3.55. The molecule has 1 amide bonds. The number of carbonyl (C=O) groups is 1. The zero-order valence-corrected chi connectivity index (χ0v) is 17.0. The van der Waals surface area contributed by atoms with Crippen molar-refractivity contribution in [1.29, 1.82) is 0 Å². The molecule has 0 spiro atoms. The van der Waals surface area contributed by atoms with E-state index in [1.165, 1.54) is 28.6 Å². The van der Waals surface area contributed by atoms with Crippen molar-refractivity contribution in [3.8, 4) is 0 Å². The van der Waals surface area contributed by atoms with Crippen LogP contribution in [0.15, 0.2) is 53.4 Å². The second kappa shape index (κ2) is 9.41. The molecule has 0 aromatic heterocycles. The molecule has 0 heterocycles. The molecule has 0 aliphatic heterocycles. The van der Waals surface area contributed by atoms with Gasteiger partial charge in [-0.25, -0.2) is 8.42 Å². The van der Waals surface area contributed by atoms with Crippen molar-refractivity contribution in [2.24, 2.45) is 0 Å². The third kappa shape index (κ3) is 6.04. The minimum atomic E-state index is -4.46. The van der Waals surface area contributed by atoms with Crippen LogP contribution in [0.5, 0.6) is 0 Å². The Bertz CT molecular complexity index is 938. The van der Waals surface area contributed by atoms with Gasteiger partial charge in [0.2, 0.25) is 15.9 Å². The Labute approximate surface area is 168 Å². The average Bonchev–Trinajstić information content (AvgIpc) is 2.67. The molecule has 0 fully saturated rings. The number of alkyl halides is 3. The predicted octanol–water partition coefficient (Wildman–Crippen LogP) is 3.59. The highest BCUT2D eigenvalue weighted by atomic mass is 32.2. The Balaban J connectivity index is 1.98. The van der Waals surface area contributed by atoms with E-state index in [4.69, 9.17) is 0 Å². The molecule has 9 heteroatoms. The second-order valence-corrected chi connectivity index (χ2v) is 8.32. The van der Waals surface area contributed by atoms with Gasteiger partial charge in [-0.3, -0.25) is 4.79 Å². The molecule has 0 unspecified atom stereocenters. The van der Waals surface area contributed by atoms with Gasteiger partial charge in [0.25, 0.3) is 0 Å². The fourth-order valence-electron chi connectivity index (χ4n) is 2.80. The topological polar surface area (TPSA) is 66.5 Å². The largest absolute Gasteiger partial charge is 0.416 e. The van der Waals surface area contributed by atoms with Crippen LogP contribution in [0, 0.1) is 0 Å². The number of rotatable bonds is 8. The van der Waals surface area contributed by atoms with Crippen LogP contribution >= 0.6 is 0 Å². The molecule has 0 saturated heterocycles. The third-order valence-corrected chi connectivity index (χ3v) is 6.44. The summed E-state index contributed by atoms with van der Waals surface area (Å²) in [6, 6.07) is 10.8. The Morgan fingerprint density at radius 2 is 1.62 bits per heavy atom. The molecule has 2 aromatic rings. The molecule has 158 valence electrons. The maximum Gasteiger partial charge on any atom is 0.416 e. The number of nitrogens with zero attached hydrogens (tertiary/aromatic N) is 1. The molecule has 0 aliphatic carbocycles. The highest BCUT2D eigenvalue weighted by molar-refractivity contribution is 7.89. The number of nitrogens with one attached hydrogen (secondary N) is 1. The lowest BCUT2D eigenvalue weighted by Crippen LogP contribution is -2.30. The summed E-state index contributed by atoms with van der Waals surface area (Å²) < 4.78 is 64.5. The summed E-state index contributed by atoms with van der Waals surface area (Å²) in [6.07, 6.45) is -4.64. The first-order valence-electron chi connectivity index (χ1n) is 9.09. The zero-order valence-electron chi connectivity index (χ0n) is 16.2. The second-order valence-electron chi connectivity index (χ2n) is 6.38. The molecule has 0 saturated carbocycles. The van der Waals surface area contributed by atoms with Gasteiger partial charge < -0.3 is 5.32 Å². The van der Waals surface area contributed by atoms with Crippen molar-refractivity contribution < 1.29 is 26.4 Å². The Hall–Kier alpha value is -2.39. The molecule has 0 aliphatic rings. The molecule has 0 bridgehead atoms. The van der Waals surface area contributed by atoms with Crippen LogP contribution in [0.1, 0.15) is 30.5 Å². The third-order valence-electron chi connectivity index (χ3n) is 4.38. The number of carbonyl (C=O) groups excluding carboxylic acids is 1. The van der Waals surface area contributed by atoms with Gasteiger partial charge >= 0.3 is 6.18 Å². The van der Waals surface area contributed by atoms with Gasteiger partial charge in [0.1, 0.15) is 0 Å². The lowest BCUT2D eigenvalue weighted by Gasteiger charge is -2.18. The monoisotopic (exact) mass is 428 g/mol. The van der Waals surface area contributed by atoms with E-state index < -0.39 is 27.7 Å². The molecular formula is C20H23F3N2O3S. The van der Waals surface area contributed by atoms with Gasteiger partial charge in [0, 0.05) is 19.6 Å². The molecular weight excluding hydrogens is 405 g/mol. The highest BCUT2D eigenvalue weighted by Gasteiger charge is 2.30. The van der Waals surface area contributed by atoms with Gasteiger partial charge in [-0.1, -0.05) is 44.2 Å². The SMILES string of the molecule is CCN(CC)S(=O)(=O)c1ccc(CNC(=O)Cc2cccc(C(F)(F)F)c2)cc1. The number of hydrogen-bond donors (Lipinski definition) is 1. The summed E-state index contributed by atoms with van der Waals surface area (Å²) >= 11 is 0. The summed E-state index contributed by atoms with van der Waals surface area (Å²) in [6.45, 7) is 4.40. The number of halogens is 3. The molecule has 29 heavy (non-hydrogen) atoms. The van der Waals surface area contributed by atoms with Crippen molar-refractivity contribution in [2.45, 2.75) is 37.9 Å². The number of benzene rings is 2. The lowest BCUT2D eigenvalue weighted by atomic mass is 10.1. The molecule has 0 radical (unpaired) electrons. The first-order chi connectivity index (χ1) is 13.6. The number of amides is 1. The first kappa shape index (κ1) is 22.9. The predicted molar refractivity (Wildman–Crippen MR) is 104 cm³/mol. The molecule has 1 N–H and O–H groups in total. The van der Waals surface area contributed by atoms with Crippen molar-refractivity contribution in [1.82, 2.24) is 9.62 Å². The molecule has 0 atom stereocenters. The van der Waals surface area contributed by atoms with Gasteiger partial charge in [-0.15, -0.1) is 0 Å². The first-order valence-corrected chi connectivity index (χ1v) is 10.5. The molecule has 2 aromatic carbocycles. The standard InChI is InChI=1S/C20H23F3N2O3S/c1-3-25(4-2)29(27,28)18-10-8-15(9-11-18)14-24-19(26)13-16-6-5-7-17(12-16)20(21,22)23/h5-12H,3-4,13-14H2,1-2H3,(H,24,26). The van der Waals surface area contributed by atoms with Crippen molar-refractivity contribution in [3.63, 3.8) is 0 Å². The smallest absolute Gasteiger partial charge is 0.352 e. The van der Waals surface area contributed by atoms with Crippen molar-refractivity contribution in [2.75, 3.05) is 13.1 Å². The van der Waals surface area contributed by atoms with Gasteiger partial charge in [-0.2, -0.15) is 17.5 Å². The van der Waals surface area contributed by atoms with Crippen LogP contribution in [0.3, 0.4) is 0 Å². The van der Waals surface area contributed by atoms with E-state index >= 15 is 0 Å². The Morgan fingerprint density at radius 1 is 1.00 bits per heavy atom. The van der Waals surface area contributed by atoms with Gasteiger partial charge in [0.05, 0.1) is 16.9 Å². The average molecular weight is 428 g/mol. The minimum Gasteiger partial charge on any atom is -0.352 e. The number of sulfonamides is 1. The van der Waals surface area contributed by atoms with E-state index in [2.05, 4.69) is 5.32 Å². The van der Waals surface area contributed by atoms with Gasteiger partial charge in [0.15, 0.2) is 0 Å². The van der Waals surface area contributed by atoms with Crippen LogP contribution in [0.4, 0.5) is 13.2 Å². The maximum absolute atomic E-state index is 12.7. The molecule has 5 nitrogen and oxygen atoms in total. The summed E-state index contributed by atoms with van der Waals surface area (Å²) in [5.74, 6) is -0.427. The van der Waals surface area contributed by atoms with E-state index in [-0.39, 0.29) is 23.4 Å². The fourth-order valence-corrected chi connectivity index (χ4v) is 4.26. The normalized spacial score (nSPS) is 12.2. The Morgan fingerprint density at radius 3 is 2.17 bits per heavy atom. The van der Waals surface area contributed by atoms with E-state index in [0.29, 0.717) is 18.7 Å². The van der Waals surface area contributed by atoms with E-state index in [9.17, 15) is 26.4 Å². The van der Waals surface area contributed by atoms with Crippen LogP contribution in [-0.2, 0) is 34.0 Å². The van der Waals surface area contributed by atoms with E-state index in [1.54, 1.807) is 26.0 Å². The van der Waals surface area contributed by atoms with Crippen molar-refractivity contribution in [3.05, 3.63) is 65.2 Å². The van der Waals surface area contributed by atoms with Crippen molar-refractivity contribution >= 4 is 15.9 Å². The number of hydrogen-bond acceptors (Lipinski definition) is 3. The fraction of sp³-hybridized carbons (Fsp3) is 0.350. The van der Waals surface area contributed by atoms with Crippen LogP contribution in [0.25, 0.3) is 0 Å². The van der Waals surface area contributed by atoms with E-state index in [0.717, 1.165) is 12.1 Å². The van der Waals surface area contributed by atoms with Crippen LogP contribution in [-0.4, -0.2) is 31.7 Å². The zero-order chi connectivity index (χ0) is 21.7. The summed E-state index contributed by atoms with van der Waals surface area (Å²) in [5, 5.41) is 2.63. The Kier molecular flexibility index (Phi) is 7.43. The van der Waals surface area contributed by atoms with Crippen LogP contribution < -0.4 is 5.32 Å². The van der Waals surface area contributed by atoms with Gasteiger partial charge in [-0.05, 0) is 29.3 Å². The minimum absolute atomic E-state index is 0.142. The molecule has 2 rings (SSSR count). The summed E-state index contributed by atoms with van der Waals surface area (Å²) in [5.41, 5.74) is 0.145.